The molecule has 20 heavy (non-hydrogen) atoms. The van der Waals surface area contributed by atoms with Gasteiger partial charge in [0.1, 0.15) is 0 Å². The minimum Gasteiger partial charge on any atom is -0.370 e. The summed E-state index contributed by atoms with van der Waals surface area (Å²) in [6, 6.07) is 10.3. The maximum Gasteiger partial charge on any atom is 0.0396 e. The lowest BCUT2D eigenvalue weighted by Gasteiger charge is -2.28. The Labute approximate surface area is 123 Å². The van der Waals surface area contributed by atoms with Gasteiger partial charge in [0.25, 0.3) is 0 Å². The van der Waals surface area contributed by atoms with Crippen LogP contribution in [0.1, 0.15) is 44.6 Å². The summed E-state index contributed by atoms with van der Waals surface area (Å²) < 4.78 is 0. The Hall–Kier alpha value is -1.02. The van der Waals surface area contributed by atoms with Gasteiger partial charge in [0.05, 0.1) is 0 Å². The summed E-state index contributed by atoms with van der Waals surface area (Å²) in [5.74, 6) is 0.948. The number of rotatable bonds is 4. The number of nitrogens with one attached hydrogen (secondary N) is 1. The lowest BCUT2D eigenvalue weighted by Crippen LogP contribution is -2.40. The molecule has 1 aromatic carbocycles. The zero-order valence-corrected chi connectivity index (χ0v) is 12.9. The SMILES string of the molecule is CCN(CC1CC2CCCCC2N1)c1ccccc1C. The van der Waals surface area contributed by atoms with Crippen LogP contribution in [0.3, 0.4) is 0 Å². The number of hydrogen-bond donors (Lipinski definition) is 1. The molecule has 0 spiro atoms. The van der Waals surface area contributed by atoms with E-state index in [1.807, 2.05) is 0 Å². The second kappa shape index (κ2) is 6.17. The molecule has 3 unspecified atom stereocenters. The van der Waals surface area contributed by atoms with Crippen molar-refractivity contribution in [2.24, 2.45) is 5.92 Å². The molecule has 1 aliphatic heterocycles. The summed E-state index contributed by atoms with van der Waals surface area (Å²) in [5.41, 5.74) is 2.80. The molecule has 0 amide bonds. The zero-order chi connectivity index (χ0) is 13.9. The molecular formula is C18H28N2. The number of likely N-dealkylation sites (N-methyl/N-ethyl adjacent to an activating group) is 1. The van der Waals surface area contributed by atoms with Crippen molar-refractivity contribution in [2.45, 2.75) is 58.0 Å². The number of para-hydroxylation sites is 1. The third-order valence-corrected chi connectivity index (χ3v) is 5.22. The van der Waals surface area contributed by atoms with Crippen molar-refractivity contribution in [2.75, 3.05) is 18.0 Å². The van der Waals surface area contributed by atoms with E-state index in [2.05, 4.69) is 48.3 Å². The monoisotopic (exact) mass is 272 g/mol. The van der Waals surface area contributed by atoms with Crippen LogP contribution in [-0.2, 0) is 0 Å². The van der Waals surface area contributed by atoms with Gasteiger partial charge in [-0.25, -0.2) is 0 Å². The van der Waals surface area contributed by atoms with E-state index in [1.54, 1.807) is 0 Å². The molecule has 2 heteroatoms. The first-order valence-electron chi connectivity index (χ1n) is 8.34. The first-order valence-corrected chi connectivity index (χ1v) is 8.34. The van der Waals surface area contributed by atoms with Gasteiger partial charge in [0.2, 0.25) is 0 Å². The topological polar surface area (TPSA) is 15.3 Å². The standard InChI is InChI=1S/C18H28N2/c1-3-20(18-11-7-4-8-14(18)2)13-16-12-15-9-5-6-10-17(15)19-16/h4,7-8,11,15-17,19H,3,5-6,9-10,12-13H2,1-2H3. The Morgan fingerprint density at radius 3 is 2.75 bits per heavy atom. The molecule has 0 radical (unpaired) electrons. The van der Waals surface area contributed by atoms with E-state index in [0.29, 0.717) is 6.04 Å². The molecule has 2 nitrogen and oxygen atoms in total. The molecule has 1 aliphatic carbocycles. The van der Waals surface area contributed by atoms with Crippen LogP contribution in [0.4, 0.5) is 5.69 Å². The highest BCUT2D eigenvalue weighted by atomic mass is 15.2. The van der Waals surface area contributed by atoms with Gasteiger partial charge in [-0.2, -0.15) is 0 Å². The van der Waals surface area contributed by atoms with Crippen molar-refractivity contribution in [3.05, 3.63) is 29.8 Å². The number of nitrogens with zero attached hydrogens (tertiary/aromatic N) is 1. The van der Waals surface area contributed by atoms with E-state index < -0.39 is 0 Å². The Balaban J connectivity index is 1.65. The van der Waals surface area contributed by atoms with Crippen LogP contribution in [0.2, 0.25) is 0 Å². The van der Waals surface area contributed by atoms with Crippen LogP contribution in [0.5, 0.6) is 0 Å². The van der Waals surface area contributed by atoms with Crippen LogP contribution in [0.15, 0.2) is 24.3 Å². The van der Waals surface area contributed by atoms with Crippen molar-refractivity contribution in [1.82, 2.24) is 5.32 Å². The molecule has 1 aromatic rings. The quantitative estimate of drug-likeness (QED) is 0.898. The highest BCUT2D eigenvalue weighted by molar-refractivity contribution is 5.53. The van der Waals surface area contributed by atoms with Gasteiger partial charge in [0, 0.05) is 30.9 Å². The first-order chi connectivity index (χ1) is 9.78. The van der Waals surface area contributed by atoms with Gasteiger partial charge in [-0.15, -0.1) is 0 Å². The third kappa shape index (κ3) is 2.85. The molecular weight excluding hydrogens is 244 g/mol. The fraction of sp³-hybridized carbons (Fsp3) is 0.667. The Kier molecular flexibility index (Phi) is 4.30. The fourth-order valence-electron chi connectivity index (χ4n) is 4.15. The molecule has 0 aromatic heterocycles. The summed E-state index contributed by atoms with van der Waals surface area (Å²) in [6.45, 7) is 6.75. The third-order valence-electron chi connectivity index (χ3n) is 5.22. The molecule has 1 saturated heterocycles. The van der Waals surface area contributed by atoms with Crippen molar-refractivity contribution in [1.29, 1.82) is 0 Å². The van der Waals surface area contributed by atoms with E-state index in [9.17, 15) is 0 Å². The summed E-state index contributed by atoms with van der Waals surface area (Å²) in [5, 5.41) is 3.91. The summed E-state index contributed by atoms with van der Waals surface area (Å²) in [6.07, 6.45) is 7.11. The smallest absolute Gasteiger partial charge is 0.0396 e. The minimum absolute atomic E-state index is 0.683. The van der Waals surface area contributed by atoms with E-state index in [0.717, 1.165) is 25.0 Å². The van der Waals surface area contributed by atoms with Gasteiger partial charge < -0.3 is 10.2 Å². The number of benzene rings is 1. The minimum atomic E-state index is 0.683. The van der Waals surface area contributed by atoms with Crippen molar-refractivity contribution in [3.63, 3.8) is 0 Å². The number of aryl methyl sites for hydroxylation is 1. The second-order valence-corrected chi connectivity index (χ2v) is 6.58. The molecule has 3 atom stereocenters. The van der Waals surface area contributed by atoms with Crippen LogP contribution in [0, 0.1) is 12.8 Å². The number of hydrogen-bond acceptors (Lipinski definition) is 2. The van der Waals surface area contributed by atoms with Crippen LogP contribution in [-0.4, -0.2) is 25.2 Å². The molecule has 1 N–H and O–H groups in total. The second-order valence-electron chi connectivity index (χ2n) is 6.58. The van der Waals surface area contributed by atoms with Crippen molar-refractivity contribution < 1.29 is 0 Å². The van der Waals surface area contributed by atoms with E-state index in [1.165, 1.54) is 43.4 Å². The Morgan fingerprint density at radius 2 is 2.00 bits per heavy atom. The maximum absolute atomic E-state index is 3.91. The van der Waals surface area contributed by atoms with Crippen molar-refractivity contribution in [3.8, 4) is 0 Å². The Bertz CT molecular complexity index is 429. The lowest BCUT2D eigenvalue weighted by molar-refractivity contribution is 0.325. The highest BCUT2D eigenvalue weighted by Crippen LogP contribution is 2.34. The predicted octanol–water partition coefficient (Wildman–Crippen LogP) is 3.74. The zero-order valence-electron chi connectivity index (χ0n) is 12.9. The van der Waals surface area contributed by atoms with E-state index in [-0.39, 0.29) is 0 Å². The Morgan fingerprint density at radius 1 is 1.20 bits per heavy atom. The summed E-state index contributed by atoms with van der Waals surface area (Å²) in [4.78, 5) is 2.55. The largest absolute Gasteiger partial charge is 0.370 e. The molecule has 2 fully saturated rings. The van der Waals surface area contributed by atoms with Gasteiger partial charge in [-0.05, 0) is 50.7 Å². The van der Waals surface area contributed by atoms with Crippen molar-refractivity contribution >= 4 is 5.69 Å². The number of fused-ring (bicyclic) bond motifs is 1. The molecule has 110 valence electrons. The average molecular weight is 272 g/mol. The molecule has 0 bridgehead atoms. The lowest BCUT2D eigenvalue weighted by atomic mass is 9.85. The normalized spacial score (nSPS) is 29.2. The van der Waals surface area contributed by atoms with Gasteiger partial charge in [-0.3, -0.25) is 0 Å². The predicted molar refractivity (Wildman–Crippen MR) is 86.4 cm³/mol. The molecule has 1 saturated carbocycles. The van der Waals surface area contributed by atoms with Gasteiger partial charge in [-0.1, -0.05) is 31.0 Å². The van der Waals surface area contributed by atoms with Gasteiger partial charge >= 0.3 is 0 Å². The van der Waals surface area contributed by atoms with E-state index in [4.69, 9.17) is 0 Å². The summed E-state index contributed by atoms with van der Waals surface area (Å²) >= 11 is 0. The van der Waals surface area contributed by atoms with Crippen LogP contribution in [0.25, 0.3) is 0 Å². The van der Waals surface area contributed by atoms with Crippen LogP contribution < -0.4 is 10.2 Å². The number of anilines is 1. The van der Waals surface area contributed by atoms with E-state index >= 15 is 0 Å². The fourth-order valence-corrected chi connectivity index (χ4v) is 4.15. The maximum atomic E-state index is 3.91. The summed E-state index contributed by atoms with van der Waals surface area (Å²) in [7, 11) is 0. The molecule has 1 heterocycles. The highest BCUT2D eigenvalue weighted by Gasteiger charge is 2.35. The van der Waals surface area contributed by atoms with Crippen LogP contribution >= 0.6 is 0 Å². The first kappa shape index (κ1) is 13.9. The molecule has 3 rings (SSSR count). The van der Waals surface area contributed by atoms with Gasteiger partial charge in [0.15, 0.2) is 0 Å². The molecule has 2 aliphatic rings. The average Bonchev–Trinajstić information content (AvgIpc) is 2.88.